The summed E-state index contributed by atoms with van der Waals surface area (Å²) in [5.41, 5.74) is 6.89. The van der Waals surface area contributed by atoms with Crippen LogP contribution in [-0.4, -0.2) is 39.1 Å². The molecule has 20 heavy (non-hydrogen) atoms. The van der Waals surface area contributed by atoms with Crippen LogP contribution in [0.5, 0.6) is 0 Å². The Morgan fingerprint density at radius 3 is 2.25 bits per heavy atom. The van der Waals surface area contributed by atoms with Crippen molar-refractivity contribution in [2.24, 2.45) is 5.73 Å². The van der Waals surface area contributed by atoms with Gasteiger partial charge < -0.3 is 5.73 Å². The molecule has 6 nitrogen and oxygen atoms in total. The molecule has 0 aliphatic carbocycles. The number of rotatable bonds is 4. The molecule has 6 heteroatoms. The number of hydrogen-bond acceptors (Lipinski definition) is 4. The van der Waals surface area contributed by atoms with Crippen LogP contribution in [0.1, 0.15) is 20.7 Å². The van der Waals surface area contributed by atoms with Gasteiger partial charge in [0.2, 0.25) is 0 Å². The first-order chi connectivity index (χ1) is 9.66. The van der Waals surface area contributed by atoms with E-state index in [0.29, 0.717) is 17.7 Å². The molecular weight excluding hydrogens is 256 g/mol. The number of nitrogens with two attached hydrogens (primary N) is 1. The third kappa shape index (κ3) is 2.10. The summed E-state index contributed by atoms with van der Waals surface area (Å²) in [7, 11) is 0. The Labute approximate surface area is 115 Å². The number of amides is 2. The van der Waals surface area contributed by atoms with Crippen molar-refractivity contribution in [2.45, 2.75) is 12.6 Å². The Balaban J connectivity index is 1.73. The molecule has 3 rings (SSSR count). The molecule has 1 aliphatic heterocycles. The Hall–Kier alpha value is -2.47. The molecule has 102 valence electrons. The average molecular weight is 270 g/mol. The van der Waals surface area contributed by atoms with Gasteiger partial charge in [-0.1, -0.05) is 12.1 Å². The van der Waals surface area contributed by atoms with Crippen molar-refractivity contribution in [3.63, 3.8) is 0 Å². The van der Waals surface area contributed by atoms with E-state index in [1.807, 2.05) is 0 Å². The lowest BCUT2D eigenvalue weighted by Crippen LogP contribution is -2.43. The molecule has 1 aromatic carbocycles. The van der Waals surface area contributed by atoms with Crippen LogP contribution < -0.4 is 5.73 Å². The van der Waals surface area contributed by atoms with E-state index in [-0.39, 0.29) is 24.4 Å². The molecular formula is C14H14N4O2. The first-order valence-electron chi connectivity index (χ1n) is 6.35. The van der Waals surface area contributed by atoms with Gasteiger partial charge in [0.1, 0.15) is 0 Å². The van der Waals surface area contributed by atoms with Crippen molar-refractivity contribution >= 4 is 11.8 Å². The summed E-state index contributed by atoms with van der Waals surface area (Å²) in [5.74, 6) is -0.553. The molecule has 0 fully saturated rings. The van der Waals surface area contributed by atoms with Crippen LogP contribution in [0.3, 0.4) is 0 Å². The van der Waals surface area contributed by atoms with E-state index in [2.05, 4.69) is 5.10 Å². The number of imide groups is 1. The van der Waals surface area contributed by atoms with Crippen molar-refractivity contribution in [1.82, 2.24) is 14.7 Å². The maximum Gasteiger partial charge on any atom is 0.261 e. The van der Waals surface area contributed by atoms with Crippen LogP contribution >= 0.6 is 0 Å². The van der Waals surface area contributed by atoms with E-state index in [1.165, 1.54) is 4.90 Å². The highest BCUT2D eigenvalue weighted by atomic mass is 16.2. The van der Waals surface area contributed by atoms with E-state index in [4.69, 9.17) is 5.73 Å². The monoisotopic (exact) mass is 270 g/mol. The van der Waals surface area contributed by atoms with Gasteiger partial charge in [0, 0.05) is 25.0 Å². The highest BCUT2D eigenvalue weighted by Crippen LogP contribution is 2.22. The second kappa shape index (κ2) is 4.90. The standard InChI is InChI=1S/C14H14N4O2/c15-10(8-17-7-3-6-16-17)9-18-13(19)11-4-1-2-5-12(11)14(18)20/h1-7,10H,8-9,15H2/t10-/m1/s1. The van der Waals surface area contributed by atoms with Crippen molar-refractivity contribution in [1.29, 1.82) is 0 Å². The van der Waals surface area contributed by atoms with Crippen LogP contribution in [-0.2, 0) is 6.54 Å². The van der Waals surface area contributed by atoms with Gasteiger partial charge in [-0.2, -0.15) is 5.10 Å². The lowest BCUT2D eigenvalue weighted by atomic mass is 10.1. The minimum atomic E-state index is -0.350. The minimum Gasteiger partial charge on any atom is -0.325 e. The van der Waals surface area contributed by atoms with Gasteiger partial charge in [-0.05, 0) is 18.2 Å². The fraction of sp³-hybridized carbons (Fsp3) is 0.214. The molecule has 0 radical (unpaired) electrons. The van der Waals surface area contributed by atoms with E-state index in [1.54, 1.807) is 47.4 Å². The zero-order chi connectivity index (χ0) is 14.1. The third-order valence-electron chi connectivity index (χ3n) is 3.28. The largest absolute Gasteiger partial charge is 0.325 e. The summed E-state index contributed by atoms with van der Waals surface area (Å²) in [6.45, 7) is 0.645. The van der Waals surface area contributed by atoms with E-state index < -0.39 is 0 Å². The van der Waals surface area contributed by atoms with Crippen LogP contribution in [0.25, 0.3) is 0 Å². The van der Waals surface area contributed by atoms with Crippen molar-refractivity contribution in [2.75, 3.05) is 6.54 Å². The summed E-state index contributed by atoms with van der Waals surface area (Å²) in [4.78, 5) is 25.6. The second-order valence-corrected chi connectivity index (χ2v) is 4.75. The number of aromatic nitrogens is 2. The normalized spacial score (nSPS) is 15.6. The number of hydrogen-bond donors (Lipinski definition) is 1. The number of benzene rings is 1. The summed E-state index contributed by atoms with van der Waals surface area (Å²) in [6.07, 6.45) is 3.46. The minimum absolute atomic E-state index is 0.187. The Kier molecular flexibility index (Phi) is 3.08. The van der Waals surface area contributed by atoms with Crippen molar-refractivity contribution in [3.05, 3.63) is 53.9 Å². The van der Waals surface area contributed by atoms with E-state index >= 15 is 0 Å². The van der Waals surface area contributed by atoms with Gasteiger partial charge in [-0.25, -0.2) is 0 Å². The molecule has 0 saturated heterocycles. The van der Waals surface area contributed by atoms with Gasteiger partial charge >= 0.3 is 0 Å². The van der Waals surface area contributed by atoms with Crippen LogP contribution in [0.2, 0.25) is 0 Å². The van der Waals surface area contributed by atoms with Gasteiger partial charge in [0.15, 0.2) is 0 Å². The van der Waals surface area contributed by atoms with Gasteiger partial charge in [0.05, 0.1) is 17.7 Å². The molecule has 0 spiro atoms. The molecule has 0 unspecified atom stereocenters. The topological polar surface area (TPSA) is 81.2 Å². The van der Waals surface area contributed by atoms with Crippen LogP contribution in [0, 0.1) is 0 Å². The van der Waals surface area contributed by atoms with Crippen molar-refractivity contribution in [3.8, 4) is 0 Å². The molecule has 0 bridgehead atoms. The zero-order valence-electron chi connectivity index (χ0n) is 10.8. The first-order valence-corrected chi connectivity index (χ1v) is 6.35. The predicted octanol–water partition coefficient (Wildman–Crippen LogP) is 0.507. The molecule has 2 aromatic rings. The molecule has 0 saturated carbocycles. The fourth-order valence-corrected chi connectivity index (χ4v) is 2.35. The number of fused-ring (bicyclic) bond motifs is 1. The highest BCUT2D eigenvalue weighted by molar-refractivity contribution is 6.21. The summed E-state index contributed by atoms with van der Waals surface area (Å²) < 4.78 is 1.68. The molecule has 2 N–H and O–H groups in total. The molecule has 1 aromatic heterocycles. The summed E-state index contributed by atoms with van der Waals surface area (Å²) >= 11 is 0. The highest BCUT2D eigenvalue weighted by Gasteiger charge is 2.35. The maximum absolute atomic E-state index is 12.2. The summed E-state index contributed by atoms with van der Waals surface area (Å²) in [5, 5.41) is 4.06. The molecule has 1 atom stereocenters. The maximum atomic E-state index is 12.2. The number of carbonyl (C=O) groups is 2. The van der Waals surface area contributed by atoms with E-state index in [0.717, 1.165) is 0 Å². The average Bonchev–Trinajstić information content (AvgIpc) is 3.03. The fourth-order valence-electron chi connectivity index (χ4n) is 2.35. The number of nitrogens with zero attached hydrogens (tertiary/aromatic N) is 3. The predicted molar refractivity (Wildman–Crippen MR) is 72.0 cm³/mol. The third-order valence-corrected chi connectivity index (χ3v) is 3.28. The molecule has 1 aliphatic rings. The molecule has 2 heterocycles. The van der Waals surface area contributed by atoms with Crippen LogP contribution in [0.4, 0.5) is 0 Å². The van der Waals surface area contributed by atoms with Gasteiger partial charge in [0.25, 0.3) is 11.8 Å². The quantitative estimate of drug-likeness (QED) is 0.821. The lowest BCUT2D eigenvalue weighted by molar-refractivity contribution is 0.0641. The lowest BCUT2D eigenvalue weighted by Gasteiger charge is -2.19. The van der Waals surface area contributed by atoms with Gasteiger partial charge in [-0.15, -0.1) is 0 Å². The van der Waals surface area contributed by atoms with E-state index in [9.17, 15) is 9.59 Å². The first kappa shape index (κ1) is 12.6. The molecule has 2 amide bonds. The van der Waals surface area contributed by atoms with Crippen molar-refractivity contribution < 1.29 is 9.59 Å². The number of carbonyl (C=O) groups excluding carboxylic acids is 2. The van der Waals surface area contributed by atoms with Crippen LogP contribution in [0.15, 0.2) is 42.7 Å². The second-order valence-electron chi connectivity index (χ2n) is 4.75. The SMILES string of the molecule is N[C@@H](CN1C(=O)c2ccccc2C1=O)Cn1cccn1. The Bertz CT molecular complexity index is 616. The Morgan fingerprint density at radius 2 is 1.70 bits per heavy atom. The Morgan fingerprint density at radius 1 is 1.05 bits per heavy atom. The smallest absolute Gasteiger partial charge is 0.261 e. The summed E-state index contributed by atoms with van der Waals surface area (Å²) in [6, 6.07) is 8.27. The van der Waals surface area contributed by atoms with Gasteiger partial charge in [-0.3, -0.25) is 19.2 Å². The zero-order valence-corrected chi connectivity index (χ0v) is 10.8.